The maximum atomic E-state index is 2.54. The third-order valence-corrected chi connectivity index (χ3v) is 41.0. The summed E-state index contributed by atoms with van der Waals surface area (Å²) in [5, 5.41) is 0. The third-order valence-electron chi connectivity index (χ3n) is 15.9. The van der Waals surface area contributed by atoms with E-state index in [1.54, 1.807) is 114 Å². The van der Waals surface area contributed by atoms with Crippen molar-refractivity contribution in [3.8, 4) is 0 Å². The van der Waals surface area contributed by atoms with Crippen molar-refractivity contribution in [1.29, 1.82) is 0 Å². The Bertz CT molecular complexity index is 713. The minimum absolute atomic E-state index is 0. The summed E-state index contributed by atoms with van der Waals surface area (Å²) in [6.07, 6.45) is 28.5. The van der Waals surface area contributed by atoms with Crippen LogP contribution in [0.3, 0.4) is 0 Å². The van der Waals surface area contributed by atoms with Crippen molar-refractivity contribution in [3.05, 3.63) is 0 Å². The Morgan fingerprint density at radius 1 is 0.232 bits per heavy atom. The summed E-state index contributed by atoms with van der Waals surface area (Å²) in [4.78, 5) is 0. The van der Waals surface area contributed by atoms with Crippen LogP contribution in [-0.4, -0.2) is 105 Å². The molecule has 340 valence electrons. The summed E-state index contributed by atoms with van der Waals surface area (Å²) in [6, 6.07) is 0. The normalized spacial score (nSPS) is 36.0. The molecule has 6 heterocycles. The molecule has 0 bridgehead atoms. The smallest absolute Gasteiger partial charge is 0.0910 e. The fourth-order valence-electron chi connectivity index (χ4n) is 12.0. The van der Waals surface area contributed by atoms with E-state index in [1.807, 2.05) is 0 Å². The van der Waals surface area contributed by atoms with Gasteiger partial charge in [0.25, 0.3) is 0 Å². The van der Waals surface area contributed by atoms with Gasteiger partial charge < -0.3 is 71.0 Å². The summed E-state index contributed by atoms with van der Waals surface area (Å²) < 4.78 is 0. The van der Waals surface area contributed by atoms with Gasteiger partial charge in [-0.2, -0.15) is 0 Å². The topological polar surface area (TPSA) is 0 Å². The van der Waals surface area contributed by atoms with Gasteiger partial charge in [0.2, 0.25) is 0 Å². The predicted octanol–water partition coefficient (Wildman–Crippen LogP) is 10.7. The number of halogens is 1. The molecule has 6 aliphatic rings. The van der Waals surface area contributed by atoms with E-state index in [0.29, 0.717) is 0 Å². The molecule has 0 aromatic heterocycles. The first-order valence-electron chi connectivity index (χ1n) is 21.9. The largest absolute Gasteiger partial charge is 2.00 e. The zero-order chi connectivity index (χ0) is 35.1. The number of rotatable bonds is 9. The molecular weight excluding hydrogens is 1450 g/mol. The maximum absolute atomic E-state index is 2.54. The van der Waals surface area contributed by atoms with E-state index in [1.165, 1.54) is 0 Å². The van der Waals surface area contributed by atoms with E-state index in [0.717, 1.165) is 67.9 Å². The third kappa shape index (κ3) is 21.7. The molecule has 6 fully saturated rings. The maximum Gasteiger partial charge on any atom is 0.0910 e. The van der Waals surface area contributed by atoms with Gasteiger partial charge in [-0.3, -0.25) is 0 Å². The van der Waals surface area contributed by atoms with Crippen LogP contribution in [0.25, 0.3) is 0 Å². The van der Waals surface area contributed by atoms with Crippen molar-refractivity contribution < 1.29 is 80.2 Å². The van der Waals surface area contributed by atoms with Crippen LogP contribution in [0.2, 0.25) is 0 Å². The molecule has 0 N–H and O–H groups in total. The molecule has 0 aromatic carbocycles. The van der Waals surface area contributed by atoms with Gasteiger partial charge in [-0.05, 0) is 160 Å². The van der Waals surface area contributed by atoms with Gasteiger partial charge in [0.05, 0.1) is 105 Å². The Hall–Kier alpha value is 6.52. The molecule has 0 amide bonds. The van der Waals surface area contributed by atoms with Crippen molar-refractivity contribution in [1.82, 2.24) is 0 Å². The van der Waals surface area contributed by atoms with Gasteiger partial charge in [-0.15, -0.1) is 0 Å². The Morgan fingerprint density at radius 2 is 0.304 bits per heavy atom. The molecule has 12 atom stereocenters. The average molecular weight is 1540 g/mol. The Morgan fingerprint density at radius 3 is 0.375 bits per heavy atom. The molecule has 14 heteroatoms. The van der Waals surface area contributed by atoms with E-state index in [-0.39, 0.29) is 182 Å². The van der Waals surface area contributed by atoms with Crippen molar-refractivity contribution >= 4 is 102 Å². The van der Waals surface area contributed by atoms with Crippen molar-refractivity contribution in [2.24, 2.45) is 0 Å². The van der Waals surface area contributed by atoms with Gasteiger partial charge in [-0.25, -0.2) is 0 Å². The minimum atomic E-state index is 0. The standard InChI is InChI=1S/3C14H28P2.BrH.4S.3W/c3*1-11-5-6-12(2)15(11)9-10-16-13(3)7-8-14(16)4;;;;;;;;/h3*11-14H,5-10H2,1-4H3;1H;;;;;;;/q;;;;4*-2;;;/p+5/t3*11-,12-,13-,14-;;;;;;;;/m111......../s1. The summed E-state index contributed by atoms with van der Waals surface area (Å²) in [6.45, 7) is 30.5. The quantitative estimate of drug-likeness (QED) is 0.202. The first-order chi connectivity index (χ1) is 22.8. The second kappa shape index (κ2) is 36.6. The first-order valence-corrected chi connectivity index (χ1v) is 33.1. The summed E-state index contributed by atoms with van der Waals surface area (Å²) >= 11 is 0. The first kappa shape index (κ1) is 71.5. The van der Waals surface area contributed by atoms with E-state index in [2.05, 4.69) is 83.1 Å². The Kier molecular flexibility index (Phi) is 46.7. The second-order valence-electron chi connectivity index (χ2n) is 19.2. The molecule has 0 nitrogen and oxygen atoms in total. The fourth-order valence-corrected chi connectivity index (χ4v) is 37.1. The van der Waals surface area contributed by atoms with Crippen molar-refractivity contribution in [3.63, 3.8) is 0 Å². The predicted molar refractivity (Wildman–Crippen MR) is 277 cm³/mol. The van der Waals surface area contributed by atoms with Gasteiger partial charge in [0.15, 0.2) is 0 Å². The van der Waals surface area contributed by atoms with Gasteiger partial charge >= 0.3 is 0 Å². The van der Waals surface area contributed by atoms with Crippen LogP contribution < -0.4 is 17.0 Å². The zero-order valence-corrected chi connectivity index (χ0v) is 57.5. The van der Waals surface area contributed by atoms with Gasteiger partial charge in [-0.1, -0.05) is 0 Å². The summed E-state index contributed by atoms with van der Waals surface area (Å²) in [5.74, 6) is 0. The second-order valence-corrected chi connectivity index (χ2v) is 41.0. The van der Waals surface area contributed by atoms with Crippen LogP contribution in [0.4, 0.5) is 0 Å². The molecule has 0 saturated carbocycles. The van der Waals surface area contributed by atoms with Crippen LogP contribution in [0, 0.1) is 0 Å². The molecule has 0 radical (unpaired) electrons. The van der Waals surface area contributed by atoms with Crippen molar-refractivity contribution in [2.45, 2.75) is 228 Å². The van der Waals surface area contributed by atoms with Gasteiger partial charge in [0.1, 0.15) is 0 Å². The molecule has 6 rings (SSSR count). The Balaban J connectivity index is -0.000000217. The summed E-state index contributed by atoms with van der Waals surface area (Å²) in [5.41, 5.74) is 13.4. The SMILES string of the molecule is C[C@@H]1CC[C@@H](C)[PH+]1CC[PH+]1[C@H](C)CC[C@H]1C.C[C@@H]1CC[C@@H](C)[PH+]1CC[PH+]1[C@H](C)CC[C@H]1C.C[C@@H]1CC[C@@H](C)[PH+]1CC[PH+]1[C@H](C)CC[C@H]1C.[Br-].[S-2].[S-2].[S-2].[S-2].[W].[W].[W]. The average Bonchev–Trinajstić information content (AvgIpc) is 3.88. The van der Waals surface area contributed by atoms with Crippen LogP contribution in [-0.2, 0) is 117 Å². The Labute approximate surface area is 441 Å². The van der Waals surface area contributed by atoms with E-state index in [9.17, 15) is 0 Å². The van der Waals surface area contributed by atoms with E-state index >= 15 is 0 Å². The number of hydrogen-bond acceptors (Lipinski definition) is 0. The number of hydrogen-bond donors (Lipinski definition) is 0. The van der Waals surface area contributed by atoms with E-state index < -0.39 is 0 Å². The zero-order valence-electron chi connectivity index (χ0n) is 37.9. The molecule has 0 aliphatic carbocycles. The van der Waals surface area contributed by atoms with E-state index in [4.69, 9.17) is 0 Å². The van der Waals surface area contributed by atoms with Crippen LogP contribution in [0.15, 0.2) is 0 Å². The minimum Gasteiger partial charge on any atom is -2.00 e. The van der Waals surface area contributed by atoms with Crippen molar-refractivity contribution in [2.75, 3.05) is 37.0 Å². The van der Waals surface area contributed by atoms with Crippen LogP contribution >= 0.6 is 47.5 Å². The summed E-state index contributed by atoms with van der Waals surface area (Å²) in [7, 11) is 0.147. The molecular formula is C42H90BrP6S4W3-3. The monoisotopic (exact) mass is 1540 g/mol. The fraction of sp³-hybridized carbons (Fsp3) is 1.00. The molecule has 0 unspecified atom stereocenters. The van der Waals surface area contributed by atoms with Gasteiger partial charge in [0, 0.05) is 111 Å². The molecule has 0 spiro atoms. The molecule has 6 saturated heterocycles. The molecule has 56 heavy (non-hydrogen) atoms. The molecule has 0 aromatic rings. The van der Waals surface area contributed by atoms with Crippen LogP contribution in [0.5, 0.6) is 0 Å². The van der Waals surface area contributed by atoms with Crippen LogP contribution in [0.1, 0.15) is 160 Å². The molecule has 6 aliphatic heterocycles.